The fourth-order valence-electron chi connectivity index (χ4n) is 3.12. The molecule has 26 heavy (non-hydrogen) atoms. The van der Waals surface area contributed by atoms with Crippen LogP contribution < -0.4 is 5.43 Å². The van der Waals surface area contributed by atoms with Crippen molar-refractivity contribution in [2.45, 2.75) is 6.61 Å². The number of fused-ring (bicyclic) bond motifs is 2. The van der Waals surface area contributed by atoms with Crippen LogP contribution in [-0.2, 0) is 6.61 Å². The van der Waals surface area contributed by atoms with Crippen LogP contribution >= 0.6 is 23.2 Å². The van der Waals surface area contributed by atoms with Gasteiger partial charge >= 0.3 is 0 Å². The van der Waals surface area contributed by atoms with Crippen molar-refractivity contribution in [1.82, 2.24) is 0 Å². The van der Waals surface area contributed by atoms with Gasteiger partial charge in [-0.05, 0) is 29.3 Å². The van der Waals surface area contributed by atoms with Crippen LogP contribution in [0.15, 0.2) is 57.7 Å². The Hall–Kier alpha value is -2.53. The van der Waals surface area contributed by atoms with Crippen molar-refractivity contribution in [2.24, 2.45) is 0 Å². The van der Waals surface area contributed by atoms with Crippen molar-refractivity contribution >= 4 is 34.2 Å². The molecular formula is C20H12Cl2O4. The minimum atomic E-state index is -0.288. The van der Waals surface area contributed by atoms with E-state index in [1.807, 2.05) is 24.3 Å². The summed E-state index contributed by atoms with van der Waals surface area (Å²) in [6, 6.07) is 13.4. The molecule has 4 nitrogen and oxygen atoms in total. The van der Waals surface area contributed by atoms with E-state index < -0.39 is 0 Å². The lowest BCUT2D eigenvalue weighted by atomic mass is 9.91. The average Bonchev–Trinajstić information content (AvgIpc) is 2.65. The van der Waals surface area contributed by atoms with Crippen molar-refractivity contribution < 1.29 is 14.6 Å². The van der Waals surface area contributed by atoms with Crippen LogP contribution in [0.4, 0.5) is 0 Å². The Morgan fingerprint density at radius 1 is 1.00 bits per heavy atom. The first kappa shape index (κ1) is 16.9. The van der Waals surface area contributed by atoms with Crippen molar-refractivity contribution in [1.29, 1.82) is 0 Å². The summed E-state index contributed by atoms with van der Waals surface area (Å²) in [5.41, 5.74) is 2.86. The van der Waals surface area contributed by atoms with Crippen molar-refractivity contribution in [3.05, 3.63) is 74.4 Å². The molecule has 2 aromatic rings. The van der Waals surface area contributed by atoms with E-state index in [1.54, 1.807) is 12.1 Å². The number of phenolic OH excluding ortho intramolecular Hbond substituents is 1. The highest BCUT2D eigenvalue weighted by molar-refractivity contribution is 6.41. The molecule has 4 rings (SSSR count). The molecule has 0 amide bonds. The zero-order chi connectivity index (χ0) is 18.4. The molecule has 1 aliphatic carbocycles. The van der Waals surface area contributed by atoms with Crippen LogP contribution in [0.25, 0.3) is 33.4 Å². The lowest BCUT2D eigenvalue weighted by molar-refractivity contribution is 0.282. The summed E-state index contributed by atoms with van der Waals surface area (Å²) in [6.45, 7) is -0.162. The molecule has 0 radical (unpaired) electrons. The Morgan fingerprint density at radius 3 is 2.54 bits per heavy atom. The highest BCUT2D eigenvalue weighted by Gasteiger charge is 2.22. The minimum Gasteiger partial charge on any atom is -0.505 e. The Bertz CT molecular complexity index is 1180. The molecule has 0 spiro atoms. The maximum Gasteiger partial charge on any atom is 0.182 e. The quantitative estimate of drug-likeness (QED) is 0.471. The molecule has 0 saturated heterocycles. The second kappa shape index (κ2) is 6.32. The first-order chi connectivity index (χ1) is 12.5. The van der Waals surface area contributed by atoms with E-state index in [0.29, 0.717) is 22.3 Å². The predicted molar refractivity (Wildman–Crippen MR) is 102 cm³/mol. The maximum atomic E-state index is 11.8. The van der Waals surface area contributed by atoms with E-state index in [9.17, 15) is 15.0 Å². The number of hydrogen-bond acceptors (Lipinski definition) is 4. The molecular weight excluding hydrogens is 375 g/mol. The third-order valence-corrected chi connectivity index (χ3v) is 4.95. The zero-order valence-corrected chi connectivity index (χ0v) is 14.8. The van der Waals surface area contributed by atoms with E-state index in [4.69, 9.17) is 27.6 Å². The third-order valence-electron chi connectivity index (χ3n) is 4.31. The molecule has 1 aliphatic heterocycles. The van der Waals surface area contributed by atoms with E-state index in [1.165, 1.54) is 12.1 Å². The van der Waals surface area contributed by atoms with Gasteiger partial charge in [-0.2, -0.15) is 0 Å². The van der Waals surface area contributed by atoms with E-state index in [-0.39, 0.29) is 33.4 Å². The summed E-state index contributed by atoms with van der Waals surface area (Å²) in [5, 5.41) is 20.4. The molecule has 1 heterocycles. The standard InChI is InChI=1S/C20H12Cl2O4/c21-15-8-14-17(12-4-2-1-3-10(12)9-23)13-6-5-11(24)7-16(13)26-20(14)18(22)19(15)25/h1-8,23,25H,9H2. The third kappa shape index (κ3) is 2.54. The normalized spacial score (nSPS) is 11.3. The fourth-order valence-corrected chi connectivity index (χ4v) is 3.61. The van der Waals surface area contributed by atoms with Crippen LogP contribution in [0.2, 0.25) is 10.0 Å². The van der Waals surface area contributed by atoms with Crippen LogP contribution in [0.1, 0.15) is 5.56 Å². The number of aliphatic hydroxyl groups is 1. The summed E-state index contributed by atoms with van der Waals surface area (Å²) in [5.74, 6) is 0.0416. The van der Waals surface area contributed by atoms with Gasteiger partial charge in [0.05, 0.1) is 11.6 Å². The molecule has 0 saturated carbocycles. The lowest BCUT2D eigenvalue weighted by Crippen LogP contribution is -2.01. The topological polar surface area (TPSA) is 70.7 Å². The highest BCUT2D eigenvalue weighted by Crippen LogP contribution is 2.47. The van der Waals surface area contributed by atoms with E-state index in [2.05, 4.69) is 0 Å². The summed E-state index contributed by atoms with van der Waals surface area (Å²) in [7, 11) is 0. The van der Waals surface area contributed by atoms with Gasteiger partial charge in [-0.25, -0.2) is 0 Å². The Kier molecular flexibility index (Phi) is 4.11. The summed E-state index contributed by atoms with van der Waals surface area (Å²) >= 11 is 12.4. The van der Waals surface area contributed by atoms with Gasteiger partial charge in [0.1, 0.15) is 10.8 Å². The molecule has 2 aliphatic rings. The summed E-state index contributed by atoms with van der Waals surface area (Å²) in [4.78, 5) is 11.8. The molecule has 0 bridgehead atoms. The number of halogens is 2. The van der Waals surface area contributed by atoms with Gasteiger partial charge in [0.15, 0.2) is 16.8 Å². The number of benzene rings is 3. The van der Waals surface area contributed by atoms with Crippen LogP contribution in [0.5, 0.6) is 5.75 Å². The molecule has 0 fully saturated rings. The largest absolute Gasteiger partial charge is 0.505 e. The van der Waals surface area contributed by atoms with Crippen molar-refractivity contribution in [3.63, 3.8) is 0 Å². The zero-order valence-electron chi connectivity index (χ0n) is 13.3. The summed E-state index contributed by atoms with van der Waals surface area (Å²) < 4.78 is 5.82. The minimum absolute atomic E-state index is 0.0339. The first-order valence-corrected chi connectivity index (χ1v) is 8.53. The van der Waals surface area contributed by atoms with Gasteiger partial charge in [0.25, 0.3) is 0 Å². The number of phenols is 1. The molecule has 130 valence electrons. The molecule has 0 unspecified atom stereocenters. The molecule has 0 aromatic heterocycles. The summed E-state index contributed by atoms with van der Waals surface area (Å²) in [6.07, 6.45) is 0. The van der Waals surface area contributed by atoms with Gasteiger partial charge < -0.3 is 14.6 Å². The van der Waals surface area contributed by atoms with Crippen LogP contribution in [0, 0.1) is 0 Å². The van der Waals surface area contributed by atoms with Crippen molar-refractivity contribution in [2.75, 3.05) is 0 Å². The smallest absolute Gasteiger partial charge is 0.182 e. The number of rotatable bonds is 2. The van der Waals surface area contributed by atoms with Crippen molar-refractivity contribution in [3.8, 4) is 28.2 Å². The Labute approximate surface area is 158 Å². The Balaban J connectivity index is 2.27. The molecule has 2 aromatic carbocycles. The van der Waals surface area contributed by atoms with Gasteiger partial charge in [-0.3, -0.25) is 4.79 Å². The highest BCUT2D eigenvalue weighted by atomic mass is 35.5. The molecule has 0 atom stereocenters. The lowest BCUT2D eigenvalue weighted by Gasteiger charge is -2.18. The number of hydrogen-bond donors (Lipinski definition) is 2. The second-order valence-corrected chi connectivity index (χ2v) is 6.63. The van der Waals surface area contributed by atoms with Gasteiger partial charge in [-0.1, -0.05) is 47.5 Å². The molecule has 2 N–H and O–H groups in total. The Morgan fingerprint density at radius 2 is 1.77 bits per heavy atom. The average molecular weight is 387 g/mol. The molecule has 6 heteroatoms. The predicted octanol–water partition coefficient (Wildman–Crippen LogP) is 5.07. The SMILES string of the molecule is O=c1ccc2c(-c3ccccc3CO)c3cc(Cl)c(O)c(Cl)c3oc-2c1. The maximum absolute atomic E-state index is 11.8. The van der Waals surface area contributed by atoms with Crippen LogP contribution in [-0.4, -0.2) is 10.2 Å². The van der Waals surface area contributed by atoms with Gasteiger partial charge in [0, 0.05) is 22.6 Å². The van der Waals surface area contributed by atoms with Crippen LogP contribution in [0.3, 0.4) is 0 Å². The van der Waals surface area contributed by atoms with Gasteiger partial charge in [0.2, 0.25) is 0 Å². The second-order valence-electron chi connectivity index (χ2n) is 5.85. The first-order valence-electron chi connectivity index (χ1n) is 7.78. The van der Waals surface area contributed by atoms with E-state index >= 15 is 0 Å². The number of aliphatic hydroxyl groups excluding tert-OH is 1. The van der Waals surface area contributed by atoms with Gasteiger partial charge in [-0.15, -0.1) is 0 Å². The number of aromatic hydroxyl groups is 1. The fraction of sp³-hybridized carbons (Fsp3) is 0.0500. The monoisotopic (exact) mass is 386 g/mol. The van der Waals surface area contributed by atoms with E-state index in [0.717, 1.165) is 11.1 Å².